The Kier molecular flexibility index (Phi) is 6.93. The highest BCUT2D eigenvalue weighted by atomic mass is 79.9. The van der Waals surface area contributed by atoms with Gasteiger partial charge in [0.2, 0.25) is 0 Å². The maximum atomic E-state index is 13.5. The quantitative estimate of drug-likeness (QED) is 0.389. The number of hydrogen-bond donors (Lipinski definition) is 0. The average Bonchev–Trinajstić information content (AvgIpc) is 3.25. The molecule has 9 heteroatoms. The highest BCUT2D eigenvalue weighted by molar-refractivity contribution is 9.13. The fourth-order valence-electron chi connectivity index (χ4n) is 3.73. The molecule has 3 heterocycles. The molecule has 2 aromatic heterocycles. The van der Waals surface area contributed by atoms with Gasteiger partial charge in [0.25, 0.3) is 5.56 Å². The van der Waals surface area contributed by atoms with Gasteiger partial charge in [-0.2, -0.15) is 0 Å². The molecule has 0 saturated carbocycles. The second kappa shape index (κ2) is 9.56. The van der Waals surface area contributed by atoms with Crippen LogP contribution >= 0.6 is 43.2 Å². The summed E-state index contributed by atoms with van der Waals surface area (Å²) in [5.41, 5.74) is 2.68. The number of benzene rings is 1. The minimum Gasteiger partial charge on any atom is -0.463 e. The van der Waals surface area contributed by atoms with Crippen LogP contribution in [0.2, 0.25) is 0 Å². The first-order valence-corrected chi connectivity index (χ1v) is 12.9. The number of rotatable bonds is 5. The number of ether oxygens (including phenoxy) is 1. The predicted octanol–water partition coefficient (Wildman–Crippen LogP) is 5.04. The number of thiazole rings is 1. The Balaban J connectivity index is 1.93. The van der Waals surface area contributed by atoms with Crippen molar-refractivity contribution in [3.63, 3.8) is 0 Å². The van der Waals surface area contributed by atoms with Crippen molar-refractivity contribution in [3.8, 4) is 0 Å². The third-order valence-electron chi connectivity index (χ3n) is 5.37. The van der Waals surface area contributed by atoms with Gasteiger partial charge in [0.05, 0.1) is 32.9 Å². The molecule has 0 radical (unpaired) electrons. The summed E-state index contributed by atoms with van der Waals surface area (Å²) in [6.07, 6.45) is 1.68. The molecule has 0 amide bonds. The monoisotopic (exact) mass is 592 g/mol. The number of nitrogens with zero attached hydrogens (tertiary/aromatic N) is 2. The Morgan fingerprint density at radius 3 is 2.58 bits per heavy atom. The van der Waals surface area contributed by atoms with Gasteiger partial charge in [0, 0.05) is 6.08 Å². The lowest BCUT2D eigenvalue weighted by molar-refractivity contribution is -0.139. The summed E-state index contributed by atoms with van der Waals surface area (Å²) in [4.78, 5) is 31.6. The lowest BCUT2D eigenvalue weighted by Crippen LogP contribution is -2.39. The number of furan rings is 1. The van der Waals surface area contributed by atoms with Crippen LogP contribution in [0.25, 0.3) is 6.08 Å². The van der Waals surface area contributed by atoms with E-state index in [2.05, 4.69) is 50.7 Å². The number of halogens is 2. The number of carbonyl (C=O) groups excluding carboxylic acids is 1. The number of aromatic nitrogens is 1. The highest BCUT2D eigenvalue weighted by Crippen LogP contribution is 2.32. The largest absolute Gasteiger partial charge is 0.463 e. The summed E-state index contributed by atoms with van der Waals surface area (Å²) in [5, 5.41) is 0. The third-order valence-corrected chi connectivity index (χ3v) is 8.07. The summed E-state index contributed by atoms with van der Waals surface area (Å²) in [6, 6.07) is 9.15. The van der Waals surface area contributed by atoms with Gasteiger partial charge in [-0.3, -0.25) is 9.36 Å². The van der Waals surface area contributed by atoms with E-state index in [-0.39, 0.29) is 12.2 Å². The second-order valence-corrected chi connectivity index (χ2v) is 10.5. The molecule has 0 bridgehead atoms. The third kappa shape index (κ3) is 4.58. The Bertz CT molecular complexity index is 1410. The van der Waals surface area contributed by atoms with Gasteiger partial charge < -0.3 is 9.15 Å². The predicted molar refractivity (Wildman–Crippen MR) is 135 cm³/mol. The van der Waals surface area contributed by atoms with Crippen LogP contribution in [-0.4, -0.2) is 17.1 Å². The van der Waals surface area contributed by atoms with E-state index in [4.69, 9.17) is 9.15 Å². The first kappa shape index (κ1) is 23.9. The van der Waals surface area contributed by atoms with Crippen molar-refractivity contribution in [2.24, 2.45) is 4.99 Å². The summed E-state index contributed by atoms with van der Waals surface area (Å²) in [6.45, 7) is 8.02. The molecule has 0 spiro atoms. The molecule has 0 unspecified atom stereocenters. The van der Waals surface area contributed by atoms with Crippen LogP contribution in [0.3, 0.4) is 0 Å². The summed E-state index contributed by atoms with van der Waals surface area (Å²) in [7, 11) is 0. The van der Waals surface area contributed by atoms with Crippen molar-refractivity contribution in [2.45, 2.75) is 39.7 Å². The maximum Gasteiger partial charge on any atom is 0.338 e. The zero-order chi connectivity index (χ0) is 23.9. The van der Waals surface area contributed by atoms with Gasteiger partial charge in [-0.05, 0) is 68.8 Å². The fraction of sp³-hybridized carbons (Fsp3) is 0.292. The molecule has 1 atom stereocenters. The van der Waals surface area contributed by atoms with Crippen molar-refractivity contribution >= 4 is 55.2 Å². The number of fused-ring (bicyclic) bond motifs is 1. The van der Waals surface area contributed by atoms with Gasteiger partial charge in [0.1, 0.15) is 5.76 Å². The molecule has 3 aromatic rings. The fourth-order valence-corrected chi connectivity index (χ4v) is 5.37. The van der Waals surface area contributed by atoms with E-state index in [1.54, 1.807) is 30.6 Å². The van der Waals surface area contributed by atoms with Gasteiger partial charge in [-0.1, -0.05) is 49.4 Å². The minimum atomic E-state index is -0.626. The van der Waals surface area contributed by atoms with E-state index in [1.807, 2.05) is 24.3 Å². The van der Waals surface area contributed by atoms with Crippen LogP contribution in [-0.2, 0) is 9.53 Å². The molecule has 172 valence electrons. The first-order chi connectivity index (χ1) is 15.7. The van der Waals surface area contributed by atoms with Crippen molar-refractivity contribution < 1.29 is 13.9 Å². The van der Waals surface area contributed by atoms with Gasteiger partial charge in [0.15, 0.2) is 9.47 Å². The smallest absolute Gasteiger partial charge is 0.338 e. The number of hydrogen-bond acceptors (Lipinski definition) is 6. The topological polar surface area (TPSA) is 73.8 Å². The van der Waals surface area contributed by atoms with Gasteiger partial charge in [-0.15, -0.1) is 0 Å². The average molecular weight is 594 g/mol. The lowest BCUT2D eigenvalue weighted by Gasteiger charge is -2.25. The summed E-state index contributed by atoms with van der Waals surface area (Å²) in [5.74, 6) is 0.429. The molecule has 1 aliphatic heterocycles. The van der Waals surface area contributed by atoms with Crippen LogP contribution in [0.5, 0.6) is 0 Å². The normalized spacial score (nSPS) is 16.2. The SMILES string of the molecule is CCOC(=O)C1=C(C)N=c2s/c(=C/c3cc(Br)c(Br)o3)c(=O)n2[C@H]1c1ccc(C(C)C)cc1. The van der Waals surface area contributed by atoms with Crippen LogP contribution in [0.1, 0.15) is 56.5 Å². The highest BCUT2D eigenvalue weighted by Gasteiger charge is 2.33. The first-order valence-electron chi connectivity index (χ1n) is 10.5. The van der Waals surface area contributed by atoms with E-state index in [9.17, 15) is 9.59 Å². The molecule has 0 saturated heterocycles. The zero-order valence-corrected chi connectivity index (χ0v) is 22.5. The van der Waals surface area contributed by atoms with Crippen LogP contribution in [0.15, 0.2) is 64.9 Å². The molecule has 0 N–H and O–H groups in total. The Labute approximate surface area is 211 Å². The number of allylic oxidation sites excluding steroid dienone is 1. The van der Waals surface area contributed by atoms with Crippen molar-refractivity contribution in [1.82, 2.24) is 4.57 Å². The molecule has 1 aliphatic rings. The van der Waals surface area contributed by atoms with E-state index in [0.717, 1.165) is 10.0 Å². The molecular formula is C24H22Br2N2O4S. The molecular weight excluding hydrogens is 572 g/mol. The lowest BCUT2D eigenvalue weighted by atomic mass is 9.93. The van der Waals surface area contributed by atoms with Crippen LogP contribution in [0.4, 0.5) is 0 Å². The maximum absolute atomic E-state index is 13.5. The molecule has 6 nitrogen and oxygen atoms in total. The summed E-state index contributed by atoms with van der Waals surface area (Å²) < 4.78 is 14.3. The molecule has 0 fully saturated rings. The van der Waals surface area contributed by atoms with Crippen molar-refractivity contribution in [2.75, 3.05) is 6.61 Å². The Morgan fingerprint density at radius 2 is 2.00 bits per heavy atom. The van der Waals surface area contributed by atoms with Crippen molar-refractivity contribution in [1.29, 1.82) is 0 Å². The van der Waals surface area contributed by atoms with Crippen LogP contribution < -0.4 is 14.9 Å². The standard InChI is InChI=1S/C24H22Br2N2O4S/c1-5-31-23(30)19-13(4)27-24-28(20(19)15-8-6-14(7-9-15)12(2)3)22(29)18(33-24)11-16-10-17(25)21(26)32-16/h6-12,20H,5H2,1-4H3/b18-11+/t20-/m0/s1. The molecule has 0 aliphatic carbocycles. The van der Waals surface area contributed by atoms with Crippen molar-refractivity contribution in [3.05, 3.63) is 87.3 Å². The van der Waals surface area contributed by atoms with E-state index in [0.29, 0.717) is 37.0 Å². The molecule has 4 rings (SSSR count). The van der Waals surface area contributed by atoms with E-state index >= 15 is 0 Å². The Morgan fingerprint density at radius 1 is 1.30 bits per heavy atom. The summed E-state index contributed by atoms with van der Waals surface area (Å²) >= 11 is 7.97. The molecule has 33 heavy (non-hydrogen) atoms. The molecule has 1 aromatic carbocycles. The Hall–Kier alpha value is -2.23. The zero-order valence-electron chi connectivity index (χ0n) is 18.5. The second-order valence-electron chi connectivity index (χ2n) is 7.89. The number of carbonyl (C=O) groups is 1. The van der Waals surface area contributed by atoms with Crippen LogP contribution in [0, 0.1) is 0 Å². The van der Waals surface area contributed by atoms with Gasteiger partial charge >= 0.3 is 5.97 Å². The van der Waals surface area contributed by atoms with Gasteiger partial charge in [-0.25, -0.2) is 9.79 Å². The minimum absolute atomic E-state index is 0.237. The van der Waals surface area contributed by atoms with E-state index in [1.165, 1.54) is 16.9 Å². The number of esters is 1. The van der Waals surface area contributed by atoms with E-state index < -0.39 is 12.0 Å².